The van der Waals surface area contributed by atoms with E-state index in [1.807, 2.05) is 23.6 Å². The van der Waals surface area contributed by atoms with Gasteiger partial charge in [-0.3, -0.25) is 9.47 Å². The number of halogens is 1. The molecule has 1 fully saturated rings. The van der Waals surface area contributed by atoms with E-state index in [9.17, 15) is 4.79 Å². The number of carbonyl (C=O) groups excluding carboxylic acids is 1. The van der Waals surface area contributed by atoms with Crippen LogP contribution in [-0.2, 0) is 6.54 Å². The minimum Gasteiger partial charge on any atom is -0.348 e. The Morgan fingerprint density at radius 3 is 2.55 bits per heavy atom. The number of amides is 2. The lowest BCUT2D eigenvalue weighted by molar-refractivity contribution is 0.171. The third-order valence-corrected chi connectivity index (χ3v) is 5.56. The van der Waals surface area contributed by atoms with Gasteiger partial charge >= 0.3 is 6.03 Å². The van der Waals surface area contributed by atoms with Crippen molar-refractivity contribution in [3.05, 3.63) is 40.7 Å². The summed E-state index contributed by atoms with van der Waals surface area (Å²) >= 11 is 6.80. The van der Waals surface area contributed by atoms with E-state index in [-0.39, 0.29) is 12.1 Å². The van der Waals surface area contributed by atoms with E-state index in [2.05, 4.69) is 41.4 Å². The quantitative estimate of drug-likeness (QED) is 0.810. The molecule has 1 aliphatic heterocycles. The van der Waals surface area contributed by atoms with E-state index in [4.69, 9.17) is 16.6 Å². The summed E-state index contributed by atoms with van der Waals surface area (Å²) < 4.78 is 1.99. The third kappa shape index (κ3) is 5.03. The molecule has 0 spiro atoms. The van der Waals surface area contributed by atoms with Crippen LogP contribution in [-0.4, -0.2) is 72.7 Å². The number of nitrogens with zero attached hydrogens (tertiary/aromatic N) is 5. The number of rotatable bonds is 5. The van der Waals surface area contributed by atoms with Crippen LogP contribution in [0.15, 0.2) is 24.3 Å². The molecule has 0 aliphatic carbocycles. The van der Waals surface area contributed by atoms with E-state index < -0.39 is 0 Å². The zero-order valence-corrected chi connectivity index (χ0v) is 18.7. The molecule has 1 aromatic carbocycles. The summed E-state index contributed by atoms with van der Waals surface area (Å²) in [4.78, 5) is 22.7. The fourth-order valence-electron chi connectivity index (χ4n) is 3.59. The van der Waals surface area contributed by atoms with Crippen molar-refractivity contribution in [3.63, 3.8) is 0 Å². The van der Waals surface area contributed by atoms with Gasteiger partial charge in [-0.05, 0) is 38.4 Å². The van der Waals surface area contributed by atoms with Crippen LogP contribution in [0.2, 0.25) is 5.15 Å². The Labute approximate surface area is 178 Å². The van der Waals surface area contributed by atoms with Crippen molar-refractivity contribution in [2.24, 2.45) is 0 Å². The molecular formula is C21H31ClN6O. The summed E-state index contributed by atoms with van der Waals surface area (Å²) in [6.45, 7) is 4.50. The Bertz CT molecular complexity index is 846. The maximum atomic E-state index is 12.0. The lowest BCUT2D eigenvalue weighted by atomic mass is 10.1. The summed E-state index contributed by atoms with van der Waals surface area (Å²) in [7, 11) is 7.47. The van der Waals surface area contributed by atoms with Crippen molar-refractivity contribution in [1.82, 2.24) is 24.7 Å². The van der Waals surface area contributed by atoms with Crippen molar-refractivity contribution in [2.45, 2.75) is 32.4 Å². The number of piperidine rings is 1. The number of carbonyl (C=O) groups is 1. The Hall–Kier alpha value is -2.25. The topological polar surface area (TPSA) is 56.6 Å². The van der Waals surface area contributed by atoms with E-state index in [0.717, 1.165) is 43.3 Å². The number of anilines is 1. The fraction of sp³-hybridized carbons (Fsp3) is 0.524. The molecule has 0 radical (unpaired) electrons. The van der Waals surface area contributed by atoms with Gasteiger partial charge in [0.2, 0.25) is 5.95 Å². The summed E-state index contributed by atoms with van der Waals surface area (Å²) in [5.41, 5.74) is 3.06. The monoisotopic (exact) mass is 418 g/mol. The second kappa shape index (κ2) is 9.05. The van der Waals surface area contributed by atoms with Crippen LogP contribution in [0.4, 0.5) is 10.7 Å². The highest BCUT2D eigenvalue weighted by Gasteiger charge is 2.25. The lowest BCUT2D eigenvalue weighted by Gasteiger charge is -2.33. The standard InChI is InChI=1S/C21H31ClN6O/c1-15-8-10-17(11-9-15)28-19(22)18(24-20(28)25(2)3)14-27-12-6-7-16(13-27)23-21(29)26(4)5/h8-11,16H,6-7,12-14H2,1-5H3,(H,23,29). The predicted molar refractivity (Wildman–Crippen MR) is 118 cm³/mol. The first-order valence-corrected chi connectivity index (χ1v) is 10.4. The van der Waals surface area contributed by atoms with Crippen LogP contribution in [0.5, 0.6) is 0 Å². The predicted octanol–water partition coefficient (Wildman–Crippen LogP) is 3.14. The van der Waals surface area contributed by atoms with Gasteiger partial charge in [-0.2, -0.15) is 0 Å². The number of aryl methyl sites for hydroxylation is 1. The van der Waals surface area contributed by atoms with Gasteiger partial charge in [0.25, 0.3) is 0 Å². The van der Waals surface area contributed by atoms with Gasteiger partial charge in [0, 0.05) is 53.0 Å². The molecule has 0 bridgehead atoms. The van der Waals surface area contributed by atoms with Crippen molar-refractivity contribution < 1.29 is 4.79 Å². The highest BCUT2D eigenvalue weighted by molar-refractivity contribution is 6.30. The maximum absolute atomic E-state index is 12.0. The average molecular weight is 419 g/mol. The molecule has 1 atom stereocenters. The molecular weight excluding hydrogens is 388 g/mol. The summed E-state index contributed by atoms with van der Waals surface area (Å²) in [5.74, 6) is 0.809. The summed E-state index contributed by atoms with van der Waals surface area (Å²) in [6.07, 6.45) is 2.03. The van der Waals surface area contributed by atoms with Gasteiger partial charge in [0.05, 0.1) is 5.69 Å². The Morgan fingerprint density at radius 1 is 1.24 bits per heavy atom. The normalized spacial score (nSPS) is 17.2. The van der Waals surface area contributed by atoms with Crippen LogP contribution in [0, 0.1) is 6.92 Å². The smallest absolute Gasteiger partial charge is 0.317 e. The van der Waals surface area contributed by atoms with Gasteiger partial charge in [-0.25, -0.2) is 9.78 Å². The van der Waals surface area contributed by atoms with Crippen molar-refractivity contribution in [1.29, 1.82) is 0 Å². The van der Waals surface area contributed by atoms with Gasteiger partial charge in [0.1, 0.15) is 5.15 Å². The first-order chi connectivity index (χ1) is 13.8. The third-order valence-electron chi connectivity index (χ3n) is 5.17. The van der Waals surface area contributed by atoms with Crippen molar-refractivity contribution in [2.75, 3.05) is 46.2 Å². The maximum Gasteiger partial charge on any atom is 0.317 e. The van der Waals surface area contributed by atoms with Crippen LogP contribution in [0.1, 0.15) is 24.1 Å². The summed E-state index contributed by atoms with van der Waals surface area (Å²) in [5, 5.41) is 3.73. The molecule has 2 amide bonds. The van der Waals surface area contributed by atoms with Gasteiger partial charge < -0.3 is 15.1 Å². The minimum atomic E-state index is -0.0478. The molecule has 7 nitrogen and oxygen atoms in total. The highest BCUT2D eigenvalue weighted by atomic mass is 35.5. The van der Waals surface area contributed by atoms with E-state index in [1.54, 1.807) is 19.0 Å². The van der Waals surface area contributed by atoms with Crippen LogP contribution in [0.3, 0.4) is 0 Å². The van der Waals surface area contributed by atoms with Gasteiger partial charge in [-0.1, -0.05) is 29.3 Å². The minimum absolute atomic E-state index is 0.0478. The number of likely N-dealkylation sites (tertiary alicyclic amines) is 1. The Balaban J connectivity index is 1.79. The Kier molecular flexibility index (Phi) is 6.70. The first kappa shape index (κ1) is 21.5. The highest BCUT2D eigenvalue weighted by Crippen LogP contribution is 2.29. The number of urea groups is 1. The average Bonchev–Trinajstić information content (AvgIpc) is 2.99. The molecule has 1 N–H and O–H groups in total. The molecule has 29 heavy (non-hydrogen) atoms. The molecule has 158 valence electrons. The van der Waals surface area contributed by atoms with Gasteiger partial charge in [0.15, 0.2) is 0 Å². The number of hydrogen-bond donors (Lipinski definition) is 1. The van der Waals surface area contributed by atoms with Crippen molar-refractivity contribution >= 4 is 23.6 Å². The molecule has 0 saturated carbocycles. The molecule has 1 unspecified atom stereocenters. The number of nitrogens with one attached hydrogen (secondary N) is 1. The second-order valence-corrected chi connectivity index (χ2v) is 8.49. The molecule has 1 aliphatic rings. The van der Waals surface area contributed by atoms with Crippen LogP contribution < -0.4 is 10.2 Å². The van der Waals surface area contributed by atoms with E-state index in [1.165, 1.54) is 5.56 Å². The van der Waals surface area contributed by atoms with Crippen LogP contribution >= 0.6 is 11.6 Å². The first-order valence-electron chi connectivity index (χ1n) is 9.98. The SMILES string of the molecule is Cc1ccc(-n2c(N(C)C)nc(CN3CCCC(NC(=O)N(C)C)C3)c2Cl)cc1. The number of aromatic nitrogens is 2. The number of hydrogen-bond acceptors (Lipinski definition) is 4. The van der Waals surface area contributed by atoms with E-state index in [0.29, 0.717) is 11.7 Å². The molecule has 8 heteroatoms. The second-order valence-electron chi connectivity index (χ2n) is 8.13. The van der Waals surface area contributed by atoms with Gasteiger partial charge in [-0.15, -0.1) is 0 Å². The number of benzene rings is 1. The molecule has 1 aromatic heterocycles. The zero-order valence-electron chi connectivity index (χ0n) is 17.9. The van der Waals surface area contributed by atoms with Crippen molar-refractivity contribution in [3.8, 4) is 5.69 Å². The molecule has 2 heterocycles. The van der Waals surface area contributed by atoms with E-state index >= 15 is 0 Å². The summed E-state index contributed by atoms with van der Waals surface area (Å²) in [6, 6.07) is 8.38. The van der Waals surface area contributed by atoms with Crippen LogP contribution in [0.25, 0.3) is 5.69 Å². The molecule has 2 aromatic rings. The molecule has 3 rings (SSSR count). The fourth-order valence-corrected chi connectivity index (χ4v) is 3.86. The largest absolute Gasteiger partial charge is 0.348 e. The lowest BCUT2D eigenvalue weighted by Crippen LogP contribution is -2.49. The zero-order chi connectivity index (χ0) is 21.1. The Morgan fingerprint density at radius 2 is 1.93 bits per heavy atom. The number of imidazole rings is 1. The molecule has 1 saturated heterocycles.